The molecule has 0 aliphatic carbocycles. The first-order valence-corrected chi connectivity index (χ1v) is 8.80. The second-order valence-corrected chi connectivity index (χ2v) is 6.36. The van der Waals surface area contributed by atoms with E-state index in [1.807, 2.05) is 24.7 Å². The Morgan fingerprint density at radius 2 is 2.26 bits per heavy atom. The normalized spacial score (nSPS) is 14.9. The van der Waals surface area contributed by atoms with Crippen LogP contribution in [0.3, 0.4) is 0 Å². The molecule has 0 aromatic carbocycles. The zero-order chi connectivity index (χ0) is 19.0. The first-order chi connectivity index (χ1) is 13.1. The van der Waals surface area contributed by atoms with Gasteiger partial charge >= 0.3 is 0 Å². The number of carbonyl (C=O) groups excluding carboxylic acids is 1. The van der Waals surface area contributed by atoms with Crippen LogP contribution in [0.4, 0.5) is 0 Å². The molecule has 1 atom stereocenters. The number of imidazole rings is 1. The predicted octanol–water partition coefficient (Wildman–Crippen LogP) is 1.35. The minimum atomic E-state index is -0.911. The number of hydrogen-bond donors (Lipinski definition) is 1. The number of amides is 1. The number of fused-ring (bicyclic) bond motifs is 1. The van der Waals surface area contributed by atoms with Crippen molar-refractivity contribution in [1.82, 2.24) is 24.2 Å². The van der Waals surface area contributed by atoms with E-state index < -0.39 is 6.10 Å². The fraction of sp³-hybridized carbons (Fsp3) is 0.389. The van der Waals surface area contributed by atoms with Crippen molar-refractivity contribution in [2.24, 2.45) is 7.05 Å². The number of aliphatic hydroxyl groups excluding tert-OH is 1. The van der Waals surface area contributed by atoms with Gasteiger partial charge in [0.1, 0.15) is 5.82 Å². The summed E-state index contributed by atoms with van der Waals surface area (Å²) in [6.45, 7) is 3.78. The largest absolute Gasteiger partial charge is 0.465 e. The second kappa shape index (κ2) is 6.92. The number of carbonyl (C=O) groups is 1. The van der Waals surface area contributed by atoms with E-state index in [1.165, 1.54) is 0 Å². The van der Waals surface area contributed by atoms with Crippen LogP contribution in [0.15, 0.2) is 35.0 Å². The molecule has 0 saturated heterocycles. The lowest BCUT2D eigenvalue weighted by Gasteiger charge is -2.26. The second-order valence-electron chi connectivity index (χ2n) is 6.36. The van der Waals surface area contributed by atoms with Gasteiger partial charge in [-0.3, -0.25) is 9.48 Å². The lowest BCUT2D eigenvalue weighted by molar-refractivity contribution is 0.0665. The molecule has 1 aliphatic rings. The number of hydrogen-bond acceptors (Lipinski definition) is 6. The van der Waals surface area contributed by atoms with E-state index in [9.17, 15) is 9.90 Å². The Morgan fingerprint density at radius 1 is 1.41 bits per heavy atom. The fourth-order valence-corrected chi connectivity index (χ4v) is 3.18. The first kappa shape index (κ1) is 17.3. The molecule has 0 radical (unpaired) electrons. The number of aryl methyl sites for hydroxylation is 1. The van der Waals surface area contributed by atoms with Crippen molar-refractivity contribution < 1.29 is 19.1 Å². The summed E-state index contributed by atoms with van der Waals surface area (Å²) in [6.07, 6.45) is 2.50. The summed E-state index contributed by atoms with van der Waals surface area (Å²) in [7, 11) is 1.82. The topological polar surface area (TPSA) is 98.5 Å². The van der Waals surface area contributed by atoms with Gasteiger partial charge in [-0.05, 0) is 19.1 Å². The molecule has 1 N–H and O–H groups in total. The number of rotatable bonds is 5. The molecule has 27 heavy (non-hydrogen) atoms. The third kappa shape index (κ3) is 3.21. The molecule has 0 bridgehead atoms. The van der Waals surface area contributed by atoms with E-state index in [0.717, 1.165) is 5.69 Å². The highest BCUT2D eigenvalue weighted by Crippen LogP contribution is 2.24. The molecule has 1 amide bonds. The Balaban J connectivity index is 1.50. The van der Waals surface area contributed by atoms with Gasteiger partial charge in [0.2, 0.25) is 0 Å². The van der Waals surface area contributed by atoms with Crippen LogP contribution >= 0.6 is 0 Å². The van der Waals surface area contributed by atoms with Gasteiger partial charge in [0.05, 0.1) is 31.1 Å². The van der Waals surface area contributed by atoms with Gasteiger partial charge in [-0.15, -0.1) is 0 Å². The van der Waals surface area contributed by atoms with Crippen LogP contribution in [-0.2, 0) is 20.1 Å². The zero-order valence-corrected chi connectivity index (χ0v) is 15.2. The summed E-state index contributed by atoms with van der Waals surface area (Å²) in [5, 5.41) is 15.0. The van der Waals surface area contributed by atoms with Gasteiger partial charge in [0, 0.05) is 32.1 Å². The Hall–Kier alpha value is -3.07. The fourth-order valence-electron chi connectivity index (χ4n) is 3.18. The summed E-state index contributed by atoms with van der Waals surface area (Å²) in [6, 6.07) is 5.08. The Labute approximate surface area is 155 Å². The van der Waals surface area contributed by atoms with Gasteiger partial charge in [-0.2, -0.15) is 5.10 Å². The van der Waals surface area contributed by atoms with Crippen LogP contribution in [0, 0.1) is 0 Å². The van der Waals surface area contributed by atoms with Crippen molar-refractivity contribution in [3.05, 3.63) is 53.6 Å². The minimum Gasteiger partial charge on any atom is -0.465 e. The number of aliphatic hydroxyl groups is 1. The predicted molar refractivity (Wildman–Crippen MR) is 94.1 cm³/mol. The SMILES string of the molecule is CCOc1ccc(C(=O)N2CCn3nc(C(O)c4nccn4C)cc3C2)o1. The molecule has 0 saturated carbocycles. The minimum absolute atomic E-state index is 0.195. The Kier molecular flexibility index (Phi) is 4.44. The van der Waals surface area contributed by atoms with Crippen LogP contribution in [0.1, 0.15) is 40.8 Å². The van der Waals surface area contributed by atoms with Gasteiger partial charge in [0.15, 0.2) is 11.9 Å². The highest BCUT2D eigenvalue weighted by molar-refractivity contribution is 5.91. The third-order valence-electron chi connectivity index (χ3n) is 4.57. The van der Waals surface area contributed by atoms with E-state index in [-0.39, 0.29) is 11.7 Å². The smallest absolute Gasteiger partial charge is 0.290 e. The number of nitrogens with zero attached hydrogens (tertiary/aromatic N) is 5. The summed E-state index contributed by atoms with van der Waals surface area (Å²) in [5.41, 5.74) is 1.37. The Morgan fingerprint density at radius 3 is 3.00 bits per heavy atom. The van der Waals surface area contributed by atoms with Crippen molar-refractivity contribution in [2.75, 3.05) is 13.2 Å². The number of ether oxygens (including phenoxy) is 1. The van der Waals surface area contributed by atoms with Crippen LogP contribution < -0.4 is 4.74 Å². The molecule has 4 heterocycles. The summed E-state index contributed by atoms with van der Waals surface area (Å²) in [5.74, 6) is 0.917. The van der Waals surface area contributed by atoms with Crippen molar-refractivity contribution in [3.8, 4) is 5.95 Å². The molecule has 1 aliphatic heterocycles. The van der Waals surface area contributed by atoms with E-state index in [0.29, 0.717) is 43.7 Å². The van der Waals surface area contributed by atoms with E-state index >= 15 is 0 Å². The first-order valence-electron chi connectivity index (χ1n) is 8.80. The van der Waals surface area contributed by atoms with Crippen molar-refractivity contribution in [3.63, 3.8) is 0 Å². The van der Waals surface area contributed by atoms with Crippen molar-refractivity contribution >= 4 is 5.91 Å². The molecule has 9 heteroatoms. The van der Waals surface area contributed by atoms with Crippen LogP contribution in [0.5, 0.6) is 5.95 Å². The lowest BCUT2D eigenvalue weighted by Crippen LogP contribution is -2.38. The molecule has 4 rings (SSSR count). The van der Waals surface area contributed by atoms with E-state index in [4.69, 9.17) is 9.15 Å². The van der Waals surface area contributed by atoms with Crippen LogP contribution in [0.25, 0.3) is 0 Å². The molecule has 1 unspecified atom stereocenters. The third-order valence-corrected chi connectivity index (χ3v) is 4.57. The van der Waals surface area contributed by atoms with Gasteiger partial charge in [0.25, 0.3) is 11.9 Å². The average molecular weight is 371 g/mol. The molecule has 0 fully saturated rings. The summed E-state index contributed by atoms with van der Waals surface area (Å²) < 4.78 is 14.3. The van der Waals surface area contributed by atoms with Gasteiger partial charge < -0.3 is 23.7 Å². The molecule has 0 spiro atoms. The highest BCUT2D eigenvalue weighted by Gasteiger charge is 2.27. The zero-order valence-electron chi connectivity index (χ0n) is 15.2. The molecular formula is C18H21N5O4. The summed E-state index contributed by atoms with van der Waals surface area (Å²) >= 11 is 0. The monoisotopic (exact) mass is 371 g/mol. The molecule has 9 nitrogen and oxygen atoms in total. The summed E-state index contributed by atoms with van der Waals surface area (Å²) in [4.78, 5) is 18.6. The maximum Gasteiger partial charge on any atom is 0.290 e. The van der Waals surface area contributed by atoms with Crippen LogP contribution in [-0.4, -0.2) is 48.4 Å². The van der Waals surface area contributed by atoms with Crippen molar-refractivity contribution in [2.45, 2.75) is 26.1 Å². The van der Waals surface area contributed by atoms with E-state index in [1.54, 1.807) is 34.0 Å². The van der Waals surface area contributed by atoms with Gasteiger partial charge in [-0.1, -0.05) is 0 Å². The lowest BCUT2D eigenvalue weighted by atomic mass is 10.2. The maximum atomic E-state index is 12.7. The quantitative estimate of drug-likeness (QED) is 0.727. The van der Waals surface area contributed by atoms with Crippen molar-refractivity contribution in [1.29, 1.82) is 0 Å². The maximum absolute atomic E-state index is 12.7. The van der Waals surface area contributed by atoms with Gasteiger partial charge in [-0.25, -0.2) is 4.98 Å². The number of aromatic nitrogens is 4. The van der Waals surface area contributed by atoms with Crippen LogP contribution in [0.2, 0.25) is 0 Å². The molecule has 3 aromatic heterocycles. The number of furan rings is 1. The molecular weight excluding hydrogens is 350 g/mol. The standard InChI is InChI=1S/C18H21N5O4/c1-3-26-15-5-4-14(27-15)18(25)22-8-9-23-12(11-22)10-13(20-23)16(24)17-19-6-7-21(17)2/h4-7,10,16,24H,3,8-9,11H2,1-2H3. The molecule has 142 valence electrons. The Bertz CT molecular complexity index is 957. The molecule has 3 aromatic rings. The van der Waals surface area contributed by atoms with E-state index in [2.05, 4.69) is 10.1 Å². The average Bonchev–Trinajstić information content (AvgIpc) is 3.39. The highest BCUT2D eigenvalue weighted by atomic mass is 16.6.